The molecule has 0 aliphatic carbocycles. The molecule has 3 aromatic rings. The van der Waals surface area contributed by atoms with Crippen molar-refractivity contribution in [2.24, 2.45) is 4.99 Å². The fraction of sp³-hybridized carbons (Fsp3) is 0.167. The van der Waals surface area contributed by atoms with Crippen molar-refractivity contribution in [3.63, 3.8) is 0 Å². The van der Waals surface area contributed by atoms with E-state index in [1.54, 1.807) is 24.6 Å². The summed E-state index contributed by atoms with van der Waals surface area (Å²) in [7, 11) is 1.75. The van der Waals surface area contributed by atoms with Crippen LogP contribution in [0.1, 0.15) is 17.7 Å². The highest BCUT2D eigenvalue weighted by Gasteiger charge is 2.07. The number of aliphatic imine (C=N–C) groups is 1. The van der Waals surface area contributed by atoms with Gasteiger partial charge in [0.2, 0.25) is 0 Å². The molecule has 0 aliphatic rings. The Hall–Kier alpha value is -2.69. The lowest BCUT2D eigenvalue weighted by atomic mass is 10.3. The molecule has 3 aromatic heterocycles. The molecule has 0 aromatic carbocycles. The van der Waals surface area contributed by atoms with E-state index < -0.39 is 0 Å². The smallest absolute Gasteiger partial charge is 0.131 e. The number of rotatable bonds is 4. The predicted molar refractivity (Wildman–Crippen MR) is 106 cm³/mol. The molecule has 0 fully saturated rings. The SMILES string of the molecule is CN=C(NCCC#Cc1csc(-c2cccnc2)n1)c1ccsc1N. The van der Waals surface area contributed by atoms with Crippen LogP contribution in [0.25, 0.3) is 10.6 Å². The number of hydrogen-bond acceptors (Lipinski definition) is 6. The Morgan fingerprint density at radius 2 is 2.28 bits per heavy atom. The molecule has 0 spiro atoms. The Morgan fingerprint density at radius 3 is 3.00 bits per heavy atom. The Kier molecular flexibility index (Phi) is 5.77. The number of thiophene rings is 1. The number of nitrogens with two attached hydrogens (primary N) is 1. The summed E-state index contributed by atoms with van der Waals surface area (Å²) in [5.74, 6) is 7.04. The number of nitrogens with zero attached hydrogens (tertiary/aromatic N) is 3. The van der Waals surface area contributed by atoms with E-state index in [4.69, 9.17) is 5.73 Å². The summed E-state index contributed by atoms with van der Waals surface area (Å²) < 4.78 is 0. The molecule has 0 unspecified atom stereocenters. The minimum atomic E-state index is 0.697. The van der Waals surface area contributed by atoms with Gasteiger partial charge in [-0.25, -0.2) is 4.98 Å². The van der Waals surface area contributed by atoms with Gasteiger partial charge in [0, 0.05) is 43.4 Å². The van der Waals surface area contributed by atoms with Crippen molar-refractivity contribution in [1.82, 2.24) is 15.3 Å². The largest absolute Gasteiger partial charge is 0.390 e. The van der Waals surface area contributed by atoms with E-state index in [2.05, 4.69) is 32.1 Å². The van der Waals surface area contributed by atoms with Crippen molar-refractivity contribution in [2.45, 2.75) is 6.42 Å². The zero-order chi connectivity index (χ0) is 17.5. The second kappa shape index (κ2) is 8.42. The molecule has 0 amide bonds. The molecule has 3 rings (SSSR count). The summed E-state index contributed by atoms with van der Waals surface area (Å²) in [5, 5.41) is 8.90. The van der Waals surface area contributed by atoms with Gasteiger partial charge in [-0.2, -0.15) is 0 Å². The van der Waals surface area contributed by atoms with Crippen molar-refractivity contribution in [3.8, 4) is 22.4 Å². The Morgan fingerprint density at radius 1 is 1.36 bits per heavy atom. The van der Waals surface area contributed by atoms with E-state index in [1.165, 1.54) is 11.3 Å². The molecular weight excluding hydrogens is 350 g/mol. The second-order valence-electron chi connectivity index (χ2n) is 5.03. The zero-order valence-corrected chi connectivity index (χ0v) is 15.3. The summed E-state index contributed by atoms with van der Waals surface area (Å²) in [4.78, 5) is 12.9. The van der Waals surface area contributed by atoms with Crippen LogP contribution in [0.2, 0.25) is 0 Å². The normalized spacial score (nSPS) is 11.0. The number of nitrogen functional groups attached to an aromatic ring is 1. The highest BCUT2D eigenvalue weighted by molar-refractivity contribution is 7.14. The van der Waals surface area contributed by atoms with Gasteiger partial charge < -0.3 is 11.1 Å². The van der Waals surface area contributed by atoms with E-state index >= 15 is 0 Å². The third-order valence-corrected chi connectivity index (χ3v) is 4.98. The van der Waals surface area contributed by atoms with Gasteiger partial charge >= 0.3 is 0 Å². The number of amidine groups is 1. The van der Waals surface area contributed by atoms with E-state index in [9.17, 15) is 0 Å². The first kappa shape index (κ1) is 17.1. The molecule has 0 saturated heterocycles. The van der Waals surface area contributed by atoms with Crippen molar-refractivity contribution >= 4 is 33.5 Å². The Bertz CT molecular complexity index is 916. The summed E-state index contributed by atoms with van der Waals surface area (Å²) in [6, 6.07) is 5.87. The Labute approximate surface area is 154 Å². The van der Waals surface area contributed by atoms with Crippen LogP contribution < -0.4 is 11.1 Å². The molecule has 0 bridgehead atoms. The van der Waals surface area contributed by atoms with E-state index in [-0.39, 0.29) is 0 Å². The fourth-order valence-corrected chi connectivity index (χ4v) is 3.55. The third kappa shape index (κ3) is 4.44. The quantitative estimate of drug-likeness (QED) is 0.321. The maximum Gasteiger partial charge on any atom is 0.131 e. The van der Waals surface area contributed by atoms with Crippen LogP contribution in [0.3, 0.4) is 0 Å². The van der Waals surface area contributed by atoms with E-state index in [0.717, 1.165) is 32.7 Å². The first-order chi connectivity index (χ1) is 12.3. The lowest BCUT2D eigenvalue weighted by Gasteiger charge is -2.06. The van der Waals surface area contributed by atoms with Crippen molar-refractivity contribution < 1.29 is 0 Å². The van der Waals surface area contributed by atoms with Crippen LogP contribution in [0.5, 0.6) is 0 Å². The molecule has 0 radical (unpaired) electrons. The van der Waals surface area contributed by atoms with E-state index in [0.29, 0.717) is 13.0 Å². The van der Waals surface area contributed by atoms with Gasteiger partial charge in [-0.15, -0.1) is 22.7 Å². The van der Waals surface area contributed by atoms with Crippen LogP contribution in [0.4, 0.5) is 5.00 Å². The summed E-state index contributed by atoms with van der Waals surface area (Å²) in [6.45, 7) is 0.703. The second-order valence-corrected chi connectivity index (χ2v) is 6.83. The number of aromatic nitrogens is 2. The van der Waals surface area contributed by atoms with Gasteiger partial charge in [0.1, 0.15) is 16.5 Å². The summed E-state index contributed by atoms with van der Waals surface area (Å²) >= 11 is 3.08. The van der Waals surface area contributed by atoms with Gasteiger partial charge in [-0.3, -0.25) is 9.98 Å². The molecule has 7 heteroatoms. The van der Waals surface area contributed by atoms with Gasteiger partial charge in [0.25, 0.3) is 0 Å². The van der Waals surface area contributed by atoms with Crippen LogP contribution in [-0.2, 0) is 0 Å². The fourth-order valence-electron chi connectivity index (χ4n) is 2.16. The van der Waals surface area contributed by atoms with Crippen molar-refractivity contribution in [2.75, 3.05) is 19.3 Å². The molecule has 25 heavy (non-hydrogen) atoms. The number of hydrogen-bond donors (Lipinski definition) is 2. The lowest BCUT2D eigenvalue weighted by Crippen LogP contribution is -2.25. The number of anilines is 1. The van der Waals surface area contributed by atoms with Gasteiger partial charge in [-0.1, -0.05) is 5.92 Å². The molecule has 0 aliphatic heterocycles. The highest BCUT2D eigenvalue weighted by Crippen LogP contribution is 2.22. The van der Waals surface area contributed by atoms with Gasteiger partial charge in [-0.05, 0) is 29.5 Å². The molecular formula is C18H17N5S2. The van der Waals surface area contributed by atoms with Crippen LogP contribution >= 0.6 is 22.7 Å². The molecule has 126 valence electrons. The first-order valence-electron chi connectivity index (χ1n) is 7.66. The van der Waals surface area contributed by atoms with Crippen molar-refractivity contribution in [1.29, 1.82) is 0 Å². The maximum absolute atomic E-state index is 5.93. The Balaban J connectivity index is 1.54. The summed E-state index contributed by atoms with van der Waals surface area (Å²) in [5.41, 5.74) is 8.68. The average Bonchev–Trinajstić information content (AvgIpc) is 3.28. The van der Waals surface area contributed by atoms with Gasteiger partial charge in [0.05, 0.1) is 10.6 Å². The minimum Gasteiger partial charge on any atom is -0.390 e. The first-order valence-corrected chi connectivity index (χ1v) is 9.42. The van der Waals surface area contributed by atoms with Crippen molar-refractivity contribution in [3.05, 3.63) is 52.6 Å². The lowest BCUT2D eigenvalue weighted by molar-refractivity contribution is 0.902. The molecule has 5 nitrogen and oxygen atoms in total. The van der Waals surface area contributed by atoms with E-state index in [1.807, 2.05) is 35.2 Å². The molecule has 3 heterocycles. The maximum atomic E-state index is 5.93. The number of pyridine rings is 1. The molecule has 0 saturated carbocycles. The molecule has 3 N–H and O–H groups in total. The zero-order valence-electron chi connectivity index (χ0n) is 13.7. The summed E-state index contributed by atoms with van der Waals surface area (Å²) in [6.07, 6.45) is 4.26. The van der Waals surface area contributed by atoms with Crippen LogP contribution in [-0.4, -0.2) is 29.4 Å². The molecule has 0 atom stereocenters. The van der Waals surface area contributed by atoms with Crippen LogP contribution in [0, 0.1) is 11.8 Å². The highest BCUT2D eigenvalue weighted by atomic mass is 32.1. The third-order valence-electron chi connectivity index (χ3n) is 3.35. The average molecular weight is 368 g/mol. The monoisotopic (exact) mass is 367 g/mol. The van der Waals surface area contributed by atoms with Crippen LogP contribution in [0.15, 0.2) is 46.3 Å². The number of nitrogens with one attached hydrogen (secondary N) is 1. The standard InChI is InChI=1S/C18H17N5S2/c1-20-17(15-7-10-24-16(15)19)22-9-3-2-6-14-12-25-18(23-14)13-5-4-8-21-11-13/h4-5,7-8,10-12H,3,9,19H2,1H3,(H,20,22). The van der Waals surface area contributed by atoms with Gasteiger partial charge in [0.15, 0.2) is 0 Å². The topological polar surface area (TPSA) is 76.2 Å². The predicted octanol–water partition coefficient (Wildman–Crippen LogP) is 3.26. The minimum absolute atomic E-state index is 0.697. The number of thiazole rings is 1.